The van der Waals surface area contributed by atoms with Crippen molar-refractivity contribution >= 4 is 44.4 Å². The van der Waals surface area contributed by atoms with Crippen LogP contribution in [0.5, 0.6) is 0 Å². The summed E-state index contributed by atoms with van der Waals surface area (Å²) in [5.41, 5.74) is 19.5. The molecule has 0 bridgehead atoms. The molecule has 1 aromatic heterocycles. The van der Waals surface area contributed by atoms with E-state index in [0.717, 1.165) is 12.1 Å². The standard InChI is InChI=1S/C58H46N2/c1-37-28-31-45-41(34-37)35-49-38(2)29-32-48-56-47(57(45)58(48)49)23-15-27-55(56)59(51-24-12-9-20-43(51)39-16-5-3-6-17-39)42-30-33-54-50(36-42)46-22-11-14-26-53(46)60(54)52-25-13-10-21-44(52)40-18-7-4-8-19-40/h3-33,35-38,45,49,57H,34H2,1-2H3/t37?,38-,45?,49?,57?/m0/s1. The van der Waals surface area contributed by atoms with Gasteiger partial charge >= 0.3 is 0 Å². The van der Waals surface area contributed by atoms with Gasteiger partial charge in [-0.1, -0.05) is 177 Å². The zero-order valence-electron chi connectivity index (χ0n) is 34.0. The number of fused-ring (bicyclic) bond motifs is 8. The highest BCUT2D eigenvalue weighted by Crippen LogP contribution is 2.61. The van der Waals surface area contributed by atoms with Gasteiger partial charge in [0.2, 0.25) is 0 Å². The molecule has 0 fully saturated rings. The van der Waals surface area contributed by atoms with Gasteiger partial charge in [0, 0.05) is 50.9 Å². The van der Waals surface area contributed by atoms with Crippen LogP contribution in [0.4, 0.5) is 17.1 Å². The van der Waals surface area contributed by atoms with Crippen LogP contribution in [0.2, 0.25) is 0 Å². The van der Waals surface area contributed by atoms with Crippen molar-refractivity contribution in [3.05, 3.63) is 223 Å². The van der Waals surface area contributed by atoms with Gasteiger partial charge in [-0.2, -0.15) is 0 Å². The van der Waals surface area contributed by atoms with E-state index in [1.165, 1.54) is 77.8 Å². The Kier molecular flexibility index (Phi) is 8.10. The number of anilines is 3. The van der Waals surface area contributed by atoms with Crippen LogP contribution in [0.1, 0.15) is 37.3 Å². The quantitative estimate of drug-likeness (QED) is 0.153. The second kappa shape index (κ2) is 13.9. The van der Waals surface area contributed by atoms with Crippen LogP contribution in [0.25, 0.3) is 55.3 Å². The molecule has 0 saturated heterocycles. The molecule has 60 heavy (non-hydrogen) atoms. The van der Waals surface area contributed by atoms with Crippen molar-refractivity contribution in [1.82, 2.24) is 4.57 Å². The van der Waals surface area contributed by atoms with Crippen molar-refractivity contribution in [3.63, 3.8) is 0 Å². The molecule has 4 unspecified atom stereocenters. The van der Waals surface area contributed by atoms with Crippen molar-refractivity contribution in [2.75, 3.05) is 4.90 Å². The smallest absolute Gasteiger partial charge is 0.0543 e. The van der Waals surface area contributed by atoms with Crippen molar-refractivity contribution in [3.8, 4) is 27.9 Å². The first-order valence-corrected chi connectivity index (χ1v) is 21.7. The Bertz CT molecular complexity index is 3120. The first-order chi connectivity index (χ1) is 29.6. The van der Waals surface area contributed by atoms with E-state index in [9.17, 15) is 0 Å². The summed E-state index contributed by atoms with van der Waals surface area (Å²) in [5.74, 6) is 2.24. The summed E-state index contributed by atoms with van der Waals surface area (Å²) in [6.07, 6.45) is 13.8. The van der Waals surface area contributed by atoms with Crippen LogP contribution in [0.15, 0.2) is 211 Å². The average Bonchev–Trinajstić information content (AvgIpc) is 3.82. The molecule has 288 valence electrons. The molecule has 0 radical (unpaired) electrons. The first-order valence-electron chi connectivity index (χ1n) is 21.7. The van der Waals surface area contributed by atoms with Crippen LogP contribution in [-0.4, -0.2) is 4.57 Å². The van der Waals surface area contributed by atoms with Gasteiger partial charge in [-0.15, -0.1) is 0 Å². The van der Waals surface area contributed by atoms with Crippen LogP contribution >= 0.6 is 0 Å². The molecule has 4 aliphatic rings. The minimum Gasteiger partial charge on any atom is -0.309 e. The number of para-hydroxylation sites is 3. The molecular weight excluding hydrogens is 725 g/mol. The fourth-order valence-corrected chi connectivity index (χ4v) is 11.2. The van der Waals surface area contributed by atoms with Gasteiger partial charge in [-0.3, -0.25) is 0 Å². The number of benzene rings is 7. The monoisotopic (exact) mass is 770 g/mol. The second-order valence-electron chi connectivity index (χ2n) is 17.3. The number of hydrogen-bond donors (Lipinski definition) is 0. The SMILES string of the molecule is CC1C=CC2C(=CC3C4=C(C=C[C@@H]3C)c3c(cccc3N(c3ccc5c(c3)c3ccccc3n5-c3ccccc3-c3ccccc3)c3ccccc3-c3ccccc3)C42)C1. The van der Waals surface area contributed by atoms with Crippen molar-refractivity contribution in [1.29, 1.82) is 0 Å². The average molecular weight is 771 g/mol. The van der Waals surface area contributed by atoms with Crippen LogP contribution in [-0.2, 0) is 0 Å². The molecule has 2 nitrogen and oxygen atoms in total. The summed E-state index contributed by atoms with van der Waals surface area (Å²) < 4.78 is 2.47. The third-order valence-corrected chi connectivity index (χ3v) is 13.8. The van der Waals surface area contributed by atoms with Gasteiger partial charge in [0.1, 0.15) is 0 Å². The van der Waals surface area contributed by atoms with Crippen molar-refractivity contribution in [2.45, 2.75) is 26.2 Å². The second-order valence-corrected chi connectivity index (χ2v) is 17.3. The summed E-state index contributed by atoms with van der Waals surface area (Å²) in [4.78, 5) is 2.57. The first kappa shape index (κ1) is 35.1. The summed E-state index contributed by atoms with van der Waals surface area (Å²) in [7, 11) is 0. The van der Waals surface area contributed by atoms with Gasteiger partial charge in [-0.25, -0.2) is 0 Å². The molecule has 0 saturated carbocycles. The molecule has 8 aromatic rings. The lowest BCUT2D eigenvalue weighted by molar-refractivity contribution is 0.448. The Morgan fingerprint density at radius 1 is 0.550 bits per heavy atom. The Labute approximate surface area is 352 Å². The molecule has 5 atom stereocenters. The van der Waals surface area contributed by atoms with Gasteiger partial charge in [0.05, 0.1) is 28.1 Å². The summed E-state index contributed by atoms with van der Waals surface area (Å²) in [5, 5.41) is 2.48. The topological polar surface area (TPSA) is 8.17 Å². The molecule has 0 N–H and O–H groups in total. The lowest BCUT2D eigenvalue weighted by atomic mass is 9.63. The number of allylic oxidation sites excluding steroid dienone is 8. The zero-order valence-corrected chi connectivity index (χ0v) is 34.0. The Hall–Kier alpha value is -6.90. The third kappa shape index (κ3) is 5.33. The maximum atomic E-state index is 2.67. The maximum absolute atomic E-state index is 2.67. The number of rotatable bonds is 6. The Balaban J connectivity index is 1.12. The van der Waals surface area contributed by atoms with Crippen LogP contribution in [0, 0.1) is 23.7 Å². The summed E-state index contributed by atoms with van der Waals surface area (Å²) in [6, 6.07) is 62.7. The molecule has 7 aromatic carbocycles. The fraction of sp³-hybridized carbons (Fsp3) is 0.138. The highest BCUT2D eigenvalue weighted by molar-refractivity contribution is 6.11. The zero-order chi connectivity index (χ0) is 39.9. The van der Waals surface area contributed by atoms with Gasteiger partial charge in [-0.05, 0) is 88.6 Å². The predicted octanol–water partition coefficient (Wildman–Crippen LogP) is 15.4. The van der Waals surface area contributed by atoms with Gasteiger partial charge in [0.25, 0.3) is 0 Å². The van der Waals surface area contributed by atoms with Gasteiger partial charge in [0.15, 0.2) is 0 Å². The van der Waals surface area contributed by atoms with E-state index in [4.69, 9.17) is 0 Å². The van der Waals surface area contributed by atoms with Crippen molar-refractivity contribution < 1.29 is 0 Å². The normalized spacial score (nSPS) is 21.2. The molecular formula is C58H46N2. The molecule has 0 aliphatic heterocycles. The molecule has 4 aliphatic carbocycles. The van der Waals surface area contributed by atoms with Crippen LogP contribution in [0.3, 0.4) is 0 Å². The summed E-state index contributed by atoms with van der Waals surface area (Å²) in [6.45, 7) is 4.78. The van der Waals surface area contributed by atoms with E-state index in [0.29, 0.717) is 29.6 Å². The van der Waals surface area contributed by atoms with E-state index >= 15 is 0 Å². The lowest BCUT2D eigenvalue weighted by Gasteiger charge is -2.41. The largest absolute Gasteiger partial charge is 0.309 e. The number of hydrogen-bond acceptors (Lipinski definition) is 1. The van der Waals surface area contributed by atoms with Gasteiger partial charge < -0.3 is 9.47 Å². The van der Waals surface area contributed by atoms with Crippen LogP contribution < -0.4 is 4.90 Å². The Morgan fingerprint density at radius 3 is 2.07 bits per heavy atom. The van der Waals surface area contributed by atoms with E-state index in [-0.39, 0.29) is 0 Å². The predicted molar refractivity (Wildman–Crippen MR) is 252 cm³/mol. The fourth-order valence-electron chi connectivity index (χ4n) is 11.2. The van der Waals surface area contributed by atoms with E-state index in [1.54, 1.807) is 11.1 Å². The molecule has 2 heteroatoms. The van der Waals surface area contributed by atoms with E-state index in [2.05, 4.69) is 224 Å². The maximum Gasteiger partial charge on any atom is 0.0543 e. The Morgan fingerprint density at radius 2 is 1.23 bits per heavy atom. The van der Waals surface area contributed by atoms with E-state index in [1.807, 2.05) is 0 Å². The minimum absolute atomic E-state index is 0.354. The number of aromatic nitrogens is 1. The third-order valence-electron chi connectivity index (χ3n) is 13.8. The number of nitrogens with zero attached hydrogens (tertiary/aromatic N) is 2. The summed E-state index contributed by atoms with van der Waals surface area (Å²) >= 11 is 0. The highest BCUT2D eigenvalue weighted by Gasteiger charge is 2.46. The molecule has 1 heterocycles. The van der Waals surface area contributed by atoms with Crippen molar-refractivity contribution in [2.24, 2.45) is 23.7 Å². The minimum atomic E-state index is 0.354. The van der Waals surface area contributed by atoms with E-state index < -0.39 is 0 Å². The highest BCUT2D eigenvalue weighted by atomic mass is 15.1. The molecule has 12 rings (SSSR count). The molecule has 0 amide bonds. The lowest BCUT2D eigenvalue weighted by Crippen LogP contribution is -2.29. The molecule has 0 spiro atoms.